The summed E-state index contributed by atoms with van der Waals surface area (Å²) in [7, 11) is 0. The molecule has 0 spiro atoms. The molecule has 0 heterocycles. The third-order valence-corrected chi connectivity index (χ3v) is 3.34. The molecule has 1 aliphatic carbocycles. The summed E-state index contributed by atoms with van der Waals surface area (Å²) in [4.78, 5) is 0. The first-order valence-corrected chi connectivity index (χ1v) is 7.51. The van der Waals surface area contributed by atoms with E-state index in [-0.39, 0.29) is 5.41 Å². The molecule has 0 fully saturated rings. The summed E-state index contributed by atoms with van der Waals surface area (Å²) in [5.41, 5.74) is 0.0595. The van der Waals surface area contributed by atoms with Crippen molar-refractivity contribution in [1.29, 1.82) is 0 Å². The van der Waals surface area contributed by atoms with Crippen molar-refractivity contribution in [1.82, 2.24) is 0 Å². The zero-order valence-corrected chi connectivity index (χ0v) is 12.7. The molecule has 0 aromatic heterocycles. The molecule has 0 radical (unpaired) electrons. The highest BCUT2D eigenvalue weighted by Gasteiger charge is 2.19. The van der Waals surface area contributed by atoms with Crippen LogP contribution in [0.2, 0.25) is 0 Å². The van der Waals surface area contributed by atoms with Crippen LogP contribution >= 0.6 is 0 Å². The lowest BCUT2D eigenvalue weighted by atomic mass is 9.83. The third kappa shape index (κ3) is 6.51. The summed E-state index contributed by atoms with van der Waals surface area (Å²) in [5, 5.41) is 0. The normalized spacial score (nSPS) is 22.6. The van der Waals surface area contributed by atoms with E-state index in [1.54, 1.807) is 0 Å². The van der Waals surface area contributed by atoms with Crippen LogP contribution in [0.1, 0.15) is 52.9 Å². The standard InChI is InChI=1S/C17H28O2/c1-4-6-7-8-14-18-15-13-17(3)11-9-16(10-12-17)19-5-2/h9-11,13,15H,4-8,12,14H2,1-3H3. The van der Waals surface area contributed by atoms with Gasteiger partial charge in [0, 0.05) is 5.41 Å². The summed E-state index contributed by atoms with van der Waals surface area (Å²) >= 11 is 0. The van der Waals surface area contributed by atoms with Crippen LogP contribution in [-0.2, 0) is 9.47 Å². The Hall–Kier alpha value is -1.18. The third-order valence-electron chi connectivity index (χ3n) is 3.34. The quantitative estimate of drug-likeness (QED) is 0.432. The van der Waals surface area contributed by atoms with Crippen LogP contribution < -0.4 is 0 Å². The van der Waals surface area contributed by atoms with Crippen molar-refractivity contribution in [3.05, 3.63) is 36.3 Å². The van der Waals surface area contributed by atoms with Crippen molar-refractivity contribution in [2.24, 2.45) is 5.41 Å². The summed E-state index contributed by atoms with van der Waals surface area (Å²) in [6.07, 6.45) is 16.3. The van der Waals surface area contributed by atoms with Crippen LogP contribution in [0.25, 0.3) is 0 Å². The number of hydrogen-bond donors (Lipinski definition) is 0. The second-order valence-electron chi connectivity index (χ2n) is 5.32. The number of ether oxygens (including phenoxy) is 2. The minimum absolute atomic E-state index is 0.0595. The molecular formula is C17H28O2. The lowest BCUT2D eigenvalue weighted by Gasteiger charge is -2.23. The van der Waals surface area contributed by atoms with Crippen LogP contribution in [0, 0.1) is 5.41 Å². The van der Waals surface area contributed by atoms with E-state index >= 15 is 0 Å². The second-order valence-corrected chi connectivity index (χ2v) is 5.32. The van der Waals surface area contributed by atoms with Crippen molar-refractivity contribution in [2.45, 2.75) is 52.9 Å². The average Bonchev–Trinajstić information content (AvgIpc) is 2.41. The van der Waals surface area contributed by atoms with Gasteiger partial charge in [0.2, 0.25) is 0 Å². The molecule has 1 unspecified atom stereocenters. The number of unbranched alkanes of at least 4 members (excludes halogenated alkanes) is 3. The smallest absolute Gasteiger partial charge is 0.115 e. The highest BCUT2D eigenvalue weighted by molar-refractivity contribution is 5.25. The molecule has 19 heavy (non-hydrogen) atoms. The van der Waals surface area contributed by atoms with Gasteiger partial charge in [-0.3, -0.25) is 0 Å². The Labute approximate surface area is 118 Å². The monoisotopic (exact) mass is 264 g/mol. The molecule has 2 heteroatoms. The van der Waals surface area contributed by atoms with Crippen LogP contribution in [0.15, 0.2) is 36.3 Å². The summed E-state index contributed by atoms with van der Waals surface area (Å²) in [6.45, 7) is 8.00. The van der Waals surface area contributed by atoms with E-state index in [0.717, 1.165) is 31.8 Å². The molecule has 108 valence electrons. The fourth-order valence-electron chi connectivity index (χ4n) is 2.01. The van der Waals surface area contributed by atoms with Gasteiger partial charge in [0.05, 0.1) is 19.5 Å². The maximum Gasteiger partial charge on any atom is 0.115 e. The number of rotatable bonds is 9. The molecule has 0 saturated carbocycles. The van der Waals surface area contributed by atoms with Gasteiger partial charge in [0.1, 0.15) is 5.76 Å². The Morgan fingerprint density at radius 2 is 2.11 bits per heavy atom. The lowest BCUT2D eigenvalue weighted by Crippen LogP contribution is -2.12. The molecular weight excluding hydrogens is 236 g/mol. The maximum absolute atomic E-state index is 5.56. The summed E-state index contributed by atoms with van der Waals surface area (Å²) in [5.74, 6) is 0.980. The van der Waals surface area contributed by atoms with Crippen molar-refractivity contribution >= 4 is 0 Å². The first-order valence-electron chi connectivity index (χ1n) is 7.51. The first-order chi connectivity index (χ1) is 9.20. The topological polar surface area (TPSA) is 18.5 Å². The largest absolute Gasteiger partial charge is 0.501 e. The van der Waals surface area contributed by atoms with Crippen LogP contribution in [-0.4, -0.2) is 13.2 Å². The Morgan fingerprint density at radius 3 is 2.74 bits per heavy atom. The van der Waals surface area contributed by atoms with E-state index in [9.17, 15) is 0 Å². The molecule has 1 aliphatic rings. The fraction of sp³-hybridized carbons (Fsp3) is 0.647. The SMILES string of the molecule is CCCCCCOC=CC1(C)C=CC(OCC)=CC1. The van der Waals surface area contributed by atoms with Crippen molar-refractivity contribution in [2.75, 3.05) is 13.2 Å². The molecule has 0 aromatic carbocycles. The minimum atomic E-state index is 0.0595. The first kappa shape index (κ1) is 15.9. The predicted octanol–water partition coefficient (Wildman–Crippen LogP) is 4.98. The highest BCUT2D eigenvalue weighted by Crippen LogP contribution is 2.31. The van der Waals surface area contributed by atoms with Gasteiger partial charge in [-0.2, -0.15) is 0 Å². The van der Waals surface area contributed by atoms with Gasteiger partial charge < -0.3 is 9.47 Å². The molecule has 0 amide bonds. The molecule has 1 rings (SSSR count). The molecule has 0 aliphatic heterocycles. The van der Waals surface area contributed by atoms with Gasteiger partial charge in [0.25, 0.3) is 0 Å². The Balaban J connectivity index is 2.23. The number of allylic oxidation sites excluding steroid dienone is 4. The molecule has 0 aromatic rings. The van der Waals surface area contributed by atoms with Gasteiger partial charge >= 0.3 is 0 Å². The lowest BCUT2D eigenvalue weighted by molar-refractivity contribution is 0.232. The van der Waals surface area contributed by atoms with E-state index < -0.39 is 0 Å². The zero-order chi connectivity index (χ0) is 14.0. The van der Waals surface area contributed by atoms with Crippen LogP contribution in [0.3, 0.4) is 0 Å². The van der Waals surface area contributed by atoms with Crippen molar-refractivity contribution in [3.8, 4) is 0 Å². The van der Waals surface area contributed by atoms with E-state index in [1.807, 2.05) is 13.2 Å². The summed E-state index contributed by atoms with van der Waals surface area (Å²) < 4.78 is 11.0. The Kier molecular flexibility index (Phi) is 7.39. The van der Waals surface area contributed by atoms with Gasteiger partial charge in [-0.25, -0.2) is 0 Å². The molecule has 2 nitrogen and oxygen atoms in total. The average molecular weight is 264 g/mol. The van der Waals surface area contributed by atoms with E-state index in [1.165, 1.54) is 19.3 Å². The zero-order valence-electron chi connectivity index (χ0n) is 12.7. The minimum Gasteiger partial charge on any atom is -0.501 e. The molecule has 0 bridgehead atoms. The van der Waals surface area contributed by atoms with E-state index in [0.29, 0.717) is 0 Å². The predicted molar refractivity (Wildman–Crippen MR) is 80.8 cm³/mol. The Morgan fingerprint density at radius 1 is 1.26 bits per heavy atom. The Bertz CT molecular complexity index is 328. The number of hydrogen-bond acceptors (Lipinski definition) is 2. The maximum atomic E-state index is 5.56. The van der Waals surface area contributed by atoms with E-state index in [4.69, 9.17) is 9.47 Å². The van der Waals surface area contributed by atoms with Gasteiger partial charge in [-0.05, 0) is 38.0 Å². The van der Waals surface area contributed by atoms with Gasteiger partial charge in [0.15, 0.2) is 0 Å². The molecule has 0 N–H and O–H groups in total. The van der Waals surface area contributed by atoms with Crippen molar-refractivity contribution in [3.63, 3.8) is 0 Å². The highest BCUT2D eigenvalue weighted by atomic mass is 16.5. The van der Waals surface area contributed by atoms with Crippen LogP contribution in [0.5, 0.6) is 0 Å². The van der Waals surface area contributed by atoms with Crippen molar-refractivity contribution < 1.29 is 9.47 Å². The molecule has 0 saturated heterocycles. The van der Waals surface area contributed by atoms with E-state index in [2.05, 4.69) is 38.2 Å². The second kappa shape index (κ2) is 8.84. The molecule has 1 atom stereocenters. The van der Waals surface area contributed by atoms with Gasteiger partial charge in [-0.1, -0.05) is 39.2 Å². The van der Waals surface area contributed by atoms with Gasteiger partial charge in [-0.15, -0.1) is 0 Å². The fourth-order valence-corrected chi connectivity index (χ4v) is 2.01. The summed E-state index contributed by atoms with van der Waals surface area (Å²) in [6, 6.07) is 0. The van der Waals surface area contributed by atoms with Crippen LogP contribution in [0.4, 0.5) is 0 Å².